The van der Waals surface area contributed by atoms with Crippen molar-refractivity contribution in [1.29, 1.82) is 0 Å². The average molecular weight is 478 g/mol. The van der Waals surface area contributed by atoms with Gasteiger partial charge in [-0.15, -0.1) is 0 Å². The number of fused-ring (bicyclic) bond motifs is 1. The molecule has 1 aromatic heterocycles. The standard InChI is InChI=1S/C26H31N5O4/c1-3-26(4-2,31(24(32)33)25(34)35)18-29-13-15-30(16-14-29)23-27-12-11-22(28-23)21-10-9-19-7-5-6-8-20(19)17-21/h5-12,17H,3-4,13-16,18H2,1-2H3,(H,32,33)(H,34,35). The minimum absolute atomic E-state index is 0.366. The molecule has 184 valence electrons. The molecule has 0 radical (unpaired) electrons. The van der Waals surface area contributed by atoms with Crippen LogP contribution in [0, 0.1) is 0 Å². The Morgan fingerprint density at radius 2 is 1.60 bits per heavy atom. The van der Waals surface area contributed by atoms with Crippen LogP contribution in [0.5, 0.6) is 0 Å². The van der Waals surface area contributed by atoms with Crippen LogP contribution in [-0.4, -0.2) is 80.4 Å². The smallest absolute Gasteiger partial charge is 0.417 e. The Kier molecular flexibility index (Phi) is 7.16. The van der Waals surface area contributed by atoms with Crippen LogP contribution in [0.25, 0.3) is 22.0 Å². The number of imide groups is 1. The molecule has 35 heavy (non-hydrogen) atoms. The predicted octanol–water partition coefficient (Wildman–Crippen LogP) is 4.64. The maximum absolute atomic E-state index is 11.7. The summed E-state index contributed by atoms with van der Waals surface area (Å²) in [7, 11) is 0. The van der Waals surface area contributed by atoms with Crippen molar-refractivity contribution in [2.24, 2.45) is 0 Å². The van der Waals surface area contributed by atoms with Gasteiger partial charge >= 0.3 is 12.2 Å². The summed E-state index contributed by atoms with van der Waals surface area (Å²) in [6, 6.07) is 16.4. The van der Waals surface area contributed by atoms with Gasteiger partial charge in [0.15, 0.2) is 0 Å². The first-order valence-electron chi connectivity index (χ1n) is 11.9. The molecule has 1 aliphatic rings. The fourth-order valence-corrected chi connectivity index (χ4v) is 4.88. The van der Waals surface area contributed by atoms with E-state index in [1.807, 2.05) is 32.0 Å². The van der Waals surface area contributed by atoms with E-state index < -0.39 is 17.7 Å². The molecule has 2 N–H and O–H groups in total. The van der Waals surface area contributed by atoms with Gasteiger partial charge in [-0.3, -0.25) is 4.90 Å². The molecule has 0 spiro atoms. The van der Waals surface area contributed by atoms with Crippen LogP contribution in [0.3, 0.4) is 0 Å². The van der Waals surface area contributed by atoms with E-state index >= 15 is 0 Å². The molecule has 0 bridgehead atoms. The molecule has 2 aromatic carbocycles. The molecular formula is C26H31N5O4. The van der Waals surface area contributed by atoms with Crippen molar-refractivity contribution in [1.82, 2.24) is 19.8 Å². The number of amides is 2. The summed E-state index contributed by atoms with van der Waals surface area (Å²) >= 11 is 0. The maximum Gasteiger partial charge on any atom is 0.417 e. The van der Waals surface area contributed by atoms with E-state index in [0.29, 0.717) is 56.4 Å². The fourth-order valence-electron chi connectivity index (χ4n) is 4.88. The number of benzene rings is 2. The summed E-state index contributed by atoms with van der Waals surface area (Å²) in [6.45, 7) is 6.71. The lowest BCUT2D eigenvalue weighted by atomic mass is 9.90. The Bertz CT molecular complexity index is 1190. The first-order valence-corrected chi connectivity index (χ1v) is 11.9. The molecule has 9 nitrogen and oxygen atoms in total. The van der Waals surface area contributed by atoms with Crippen molar-refractivity contribution in [2.75, 3.05) is 37.6 Å². The number of nitrogens with zero attached hydrogens (tertiary/aromatic N) is 5. The summed E-state index contributed by atoms with van der Waals surface area (Å²) < 4.78 is 0. The Hall–Kier alpha value is -3.72. The number of rotatable bonds is 7. The van der Waals surface area contributed by atoms with Crippen molar-refractivity contribution >= 4 is 28.9 Å². The number of piperazine rings is 1. The zero-order valence-corrected chi connectivity index (χ0v) is 20.1. The van der Waals surface area contributed by atoms with Crippen LogP contribution < -0.4 is 4.90 Å². The minimum atomic E-state index is -1.43. The molecule has 9 heteroatoms. The second-order valence-electron chi connectivity index (χ2n) is 8.90. The van der Waals surface area contributed by atoms with Gasteiger partial charge in [-0.05, 0) is 35.7 Å². The molecule has 1 fully saturated rings. The number of carboxylic acid groups (broad SMARTS) is 2. The number of carbonyl (C=O) groups is 2. The lowest BCUT2D eigenvalue weighted by Crippen LogP contribution is -2.61. The van der Waals surface area contributed by atoms with Gasteiger partial charge in [-0.25, -0.2) is 24.5 Å². The number of hydrogen-bond acceptors (Lipinski definition) is 6. The fraction of sp³-hybridized carbons (Fsp3) is 0.385. The highest BCUT2D eigenvalue weighted by atomic mass is 16.4. The van der Waals surface area contributed by atoms with Crippen LogP contribution in [0.1, 0.15) is 26.7 Å². The lowest BCUT2D eigenvalue weighted by Gasteiger charge is -2.44. The van der Waals surface area contributed by atoms with Gasteiger partial charge in [0.2, 0.25) is 5.95 Å². The minimum Gasteiger partial charge on any atom is -0.465 e. The predicted molar refractivity (Wildman–Crippen MR) is 135 cm³/mol. The van der Waals surface area contributed by atoms with Gasteiger partial charge in [0.1, 0.15) is 0 Å². The molecule has 0 aliphatic carbocycles. The molecule has 0 saturated carbocycles. The van der Waals surface area contributed by atoms with Crippen molar-refractivity contribution in [2.45, 2.75) is 32.2 Å². The molecule has 0 atom stereocenters. The van der Waals surface area contributed by atoms with Gasteiger partial charge < -0.3 is 15.1 Å². The van der Waals surface area contributed by atoms with E-state index in [1.54, 1.807) is 6.20 Å². The Balaban J connectivity index is 1.46. The highest BCUT2D eigenvalue weighted by Crippen LogP contribution is 2.28. The van der Waals surface area contributed by atoms with E-state index in [4.69, 9.17) is 4.98 Å². The number of hydrogen-bond donors (Lipinski definition) is 2. The lowest BCUT2D eigenvalue weighted by molar-refractivity contribution is 0.0412. The van der Waals surface area contributed by atoms with E-state index in [1.165, 1.54) is 5.39 Å². The van der Waals surface area contributed by atoms with Crippen molar-refractivity contribution < 1.29 is 19.8 Å². The third kappa shape index (κ3) is 5.05. The quantitative estimate of drug-likeness (QED) is 0.507. The largest absolute Gasteiger partial charge is 0.465 e. The Morgan fingerprint density at radius 3 is 2.23 bits per heavy atom. The van der Waals surface area contributed by atoms with E-state index in [9.17, 15) is 19.8 Å². The third-order valence-electron chi connectivity index (χ3n) is 7.03. The van der Waals surface area contributed by atoms with Crippen LogP contribution in [0.15, 0.2) is 54.7 Å². The number of anilines is 1. The second kappa shape index (κ2) is 10.3. The summed E-state index contributed by atoms with van der Waals surface area (Å²) in [5, 5.41) is 21.4. The molecule has 4 rings (SSSR count). The first kappa shape index (κ1) is 24.4. The second-order valence-corrected chi connectivity index (χ2v) is 8.90. The van der Waals surface area contributed by atoms with Gasteiger partial charge in [0, 0.05) is 44.5 Å². The molecule has 1 saturated heterocycles. The first-order chi connectivity index (χ1) is 16.9. The van der Waals surface area contributed by atoms with Crippen molar-refractivity contribution in [3.63, 3.8) is 0 Å². The third-order valence-corrected chi connectivity index (χ3v) is 7.03. The normalized spacial score (nSPS) is 14.7. The summed E-state index contributed by atoms with van der Waals surface area (Å²) in [5.41, 5.74) is 0.911. The Labute approximate surface area is 204 Å². The topological polar surface area (TPSA) is 110 Å². The van der Waals surface area contributed by atoms with Gasteiger partial charge in [-0.2, -0.15) is 0 Å². The zero-order chi connectivity index (χ0) is 25.0. The molecule has 3 aromatic rings. The SMILES string of the molecule is CCC(CC)(CN1CCN(c2nccc(-c3ccc4ccccc4c3)n2)CC1)N(C(=O)O)C(=O)O. The van der Waals surface area contributed by atoms with Crippen molar-refractivity contribution in [3.05, 3.63) is 54.7 Å². The van der Waals surface area contributed by atoms with E-state index in [-0.39, 0.29) is 0 Å². The van der Waals surface area contributed by atoms with E-state index in [0.717, 1.165) is 16.6 Å². The van der Waals surface area contributed by atoms with Gasteiger partial charge in [0.05, 0.1) is 11.2 Å². The monoisotopic (exact) mass is 477 g/mol. The van der Waals surface area contributed by atoms with Crippen molar-refractivity contribution in [3.8, 4) is 11.3 Å². The highest BCUT2D eigenvalue weighted by molar-refractivity contribution is 5.87. The molecule has 1 aliphatic heterocycles. The zero-order valence-electron chi connectivity index (χ0n) is 20.1. The van der Waals surface area contributed by atoms with Crippen LogP contribution in [-0.2, 0) is 0 Å². The molecule has 2 heterocycles. The van der Waals surface area contributed by atoms with Gasteiger partial charge in [-0.1, -0.05) is 50.2 Å². The maximum atomic E-state index is 11.7. The van der Waals surface area contributed by atoms with Crippen LogP contribution >= 0.6 is 0 Å². The number of aromatic nitrogens is 2. The van der Waals surface area contributed by atoms with E-state index in [2.05, 4.69) is 45.1 Å². The molecular weight excluding hydrogens is 446 g/mol. The Morgan fingerprint density at radius 1 is 0.943 bits per heavy atom. The summed E-state index contributed by atoms with van der Waals surface area (Å²) in [6.07, 6.45) is -0.258. The summed E-state index contributed by atoms with van der Waals surface area (Å²) in [5.74, 6) is 0.658. The molecule has 2 amide bonds. The summed E-state index contributed by atoms with van der Waals surface area (Å²) in [4.78, 5) is 37.5. The van der Waals surface area contributed by atoms with Crippen LogP contribution in [0.2, 0.25) is 0 Å². The molecule has 0 unspecified atom stereocenters. The average Bonchev–Trinajstić information content (AvgIpc) is 2.88. The van der Waals surface area contributed by atoms with Gasteiger partial charge in [0.25, 0.3) is 0 Å². The van der Waals surface area contributed by atoms with Crippen LogP contribution in [0.4, 0.5) is 15.5 Å². The highest BCUT2D eigenvalue weighted by Gasteiger charge is 2.43.